The van der Waals surface area contributed by atoms with Crippen LogP contribution in [0.5, 0.6) is 5.75 Å². The Labute approximate surface area is 176 Å². The average Bonchev–Trinajstić information content (AvgIpc) is 3.64. The number of hydrogen-bond donors (Lipinski definition) is 0. The maximum absolute atomic E-state index is 13.2. The number of nitrogens with zero attached hydrogens (tertiary/aromatic N) is 3. The summed E-state index contributed by atoms with van der Waals surface area (Å²) in [6.45, 7) is 3.10. The molecule has 3 aliphatic rings. The number of benzene rings is 1. The molecule has 3 fully saturated rings. The van der Waals surface area contributed by atoms with Gasteiger partial charge in [0, 0.05) is 45.2 Å². The second-order valence-corrected chi connectivity index (χ2v) is 9.71. The van der Waals surface area contributed by atoms with Gasteiger partial charge in [-0.05, 0) is 31.0 Å². The average molecular weight is 438 g/mol. The molecule has 0 aromatic heterocycles. The molecule has 1 aromatic carbocycles. The van der Waals surface area contributed by atoms with Crippen LogP contribution in [0.2, 0.25) is 0 Å². The molecule has 1 saturated carbocycles. The summed E-state index contributed by atoms with van der Waals surface area (Å²) in [6.07, 6.45) is 1.92. The van der Waals surface area contributed by atoms with E-state index in [1.54, 1.807) is 4.90 Å². The third-order valence-electron chi connectivity index (χ3n) is 5.81. The first kappa shape index (κ1) is 21.1. The van der Waals surface area contributed by atoms with E-state index in [4.69, 9.17) is 9.47 Å². The number of carbonyl (C=O) groups excluding carboxylic acids is 2. The predicted octanol–water partition coefficient (Wildman–Crippen LogP) is 0.411. The van der Waals surface area contributed by atoms with Crippen LogP contribution < -0.4 is 4.74 Å². The molecule has 0 atom stereocenters. The Bertz CT molecular complexity index is 916. The Kier molecular flexibility index (Phi) is 5.99. The van der Waals surface area contributed by atoms with Crippen molar-refractivity contribution in [1.29, 1.82) is 0 Å². The van der Waals surface area contributed by atoms with Crippen LogP contribution in [0.3, 0.4) is 0 Å². The van der Waals surface area contributed by atoms with Crippen molar-refractivity contribution in [2.75, 3.05) is 59.6 Å². The van der Waals surface area contributed by atoms with Gasteiger partial charge in [0.15, 0.2) is 0 Å². The van der Waals surface area contributed by atoms with Crippen LogP contribution >= 0.6 is 0 Å². The summed E-state index contributed by atoms with van der Waals surface area (Å²) in [5.74, 6) is 0.384. The largest absolute Gasteiger partial charge is 0.496 e. The molecular formula is C20H27N3O6S. The van der Waals surface area contributed by atoms with Crippen LogP contribution in [-0.2, 0) is 19.6 Å². The van der Waals surface area contributed by atoms with E-state index >= 15 is 0 Å². The highest BCUT2D eigenvalue weighted by molar-refractivity contribution is 7.89. The molecule has 1 aliphatic carbocycles. The summed E-state index contributed by atoms with van der Waals surface area (Å²) in [4.78, 5) is 28.9. The van der Waals surface area contributed by atoms with Crippen molar-refractivity contribution >= 4 is 21.8 Å². The van der Waals surface area contributed by atoms with Crippen molar-refractivity contribution in [2.24, 2.45) is 5.92 Å². The third kappa shape index (κ3) is 4.17. The number of sulfonamides is 1. The zero-order chi connectivity index (χ0) is 21.3. The molecule has 0 radical (unpaired) electrons. The van der Waals surface area contributed by atoms with E-state index in [0.717, 1.165) is 12.8 Å². The minimum absolute atomic E-state index is 0.0658. The van der Waals surface area contributed by atoms with Crippen molar-refractivity contribution < 1.29 is 27.5 Å². The van der Waals surface area contributed by atoms with E-state index in [-0.39, 0.29) is 41.3 Å². The Morgan fingerprint density at radius 2 is 1.63 bits per heavy atom. The standard InChI is InChI=1S/C20H27N3O6S/c1-28-18-5-4-16(30(26,27)23-10-12-29-13-11-23)14-17(18)20(25)22-8-6-21(7-9-22)19(24)15-2-3-15/h4-5,14-15H,2-3,6-13H2,1H3. The van der Waals surface area contributed by atoms with E-state index in [2.05, 4.69) is 0 Å². The zero-order valence-electron chi connectivity index (χ0n) is 17.1. The first-order valence-corrected chi connectivity index (χ1v) is 11.7. The van der Waals surface area contributed by atoms with Gasteiger partial charge in [0.05, 0.1) is 30.8 Å². The van der Waals surface area contributed by atoms with Gasteiger partial charge in [-0.25, -0.2) is 8.42 Å². The Balaban J connectivity index is 1.52. The van der Waals surface area contributed by atoms with Crippen LogP contribution in [0.15, 0.2) is 23.1 Å². The fraction of sp³-hybridized carbons (Fsp3) is 0.600. The Hall–Kier alpha value is -2.17. The quantitative estimate of drug-likeness (QED) is 0.662. The second-order valence-electron chi connectivity index (χ2n) is 7.77. The lowest BCUT2D eigenvalue weighted by Gasteiger charge is -2.35. The Morgan fingerprint density at radius 3 is 2.23 bits per heavy atom. The highest BCUT2D eigenvalue weighted by Crippen LogP contribution is 2.31. The molecule has 2 heterocycles. The van der Waals surface area contributed by atoms with Crippen molar-refractivity contribution in [2.45, 2.75) is 17.7 Å². The lowest BCUT2D eigenvalue weighted by atomic mass is 10.1. The van der Waals surface area contributed by atoms with Gasteiger partial charge in [-0.2, -0.15) is 4.31 Å². The van der Waals surface area contributed by atoms with E-state index in [1.807, 2.05) is 4.90 Å². The van der Waals surface area contributed by atoms with Crippen molar-refractivity contribution in [3.05, 3.63) is 23.8 Å². The number of methoxy groups -OCH3 is 1. The van der Waals surface area contributed by atoms with E-state index < -0.39 is 10.0 Å². The second kappa shape index (κ2) is 8.52. The summed E-state index contributed by atoms with van der Waals surface area (Å²) in [6, 6.07) is 4.38. The van der Waals surface area contributed by atoms with E-state index in [1.165, 1.54) is 29.6 Å². The lowest BCUT2D eigenvalue weighted by Crippen LogP contribution is -2.51. The van der Waals surface area contributed by atoms with Gasteiger partial charge in [0.2, 0.25) is 15.9 Å². The topological polar surface area (TPSA) is 96.5 Å². The fourth-order valence-electron chi connectivity index (χ4n) is 3.84. The normalized spacial score (nSPS) is 20.8. The monoisotopic (exact) mass is 437 g/mol. The minimum Gasteiger partial charge on any atom is -0.496 e. The lowest BCUT2D eigenvalue weighted by molar-refractivity contribution is -0.134. The molecule has 9 nitrogen and oxygen atoms in total. The summed E-state index contributed by atoms with van der Waals surface area (Å²) < 4.78 is 37.9. The molecule has 10 heteroatoms. The van der Waals surface area contributed by atoms with Crippen LogP contribution in [0.25, 0.3) is 0 Å². The highest BCUT2D eigenvalue weighted by atomic mass is 32.2. The van der Waals surface area contributed by atoms with Crippen LogP contribution in [0, 0.1) is 5.92 Å². The smallest absolute Gasteiger partial charge is 0.257 e. The maximum Gasteiger partial charge on any atom is 0.257 e. The molecule has 0 spiro atoms. The van der Waals surface area contributed by atoms with Crippen molar-refractivity contribution in [1.82, 2.24) is 14.1 Å². The number of ether oxygens (including phenoxy) is 2. The molecule has 2 aliphatic heterocycles. The molecule has 2 amide bonds. The van der Waals surface area contributed by atoms with E-state index in [0.29, 0.717) is 45.1 Å². The molecule has 2 saturated heterocycles. The number of rotatable bonds is 5. The zero-order valence-corrected chi connectivity index (χ0v) is 17.9. The van der Waals surface area contributed by atoms with Crippen LogP contribution in [-0.4, -0.2) is 93.9 Å². The molecule has 4 rings (SSSR count). The number of carbonyl (C=O) groups is 2. The van der Waals surface area contributed by atoms with Gasteiger partial charge in [0.1, 0.15) is 5.75 Å². The molecular weight excluding hydrogens is 410 g/mol. The van der Waals surface area contributed by atoms with Gasteiger partial charge in [-0.3, -0.25) is 9.59 Å². The van der Waals surface area contributed by atoms with Crippen molar-refractivity contribution in [3.63, 3.8) is 0 Å². The van der Waals surface area contributed by atoms with Crippen molar-refractivity contribution in [3.8, 4) is 5.75 Å². The van der Waals surface area contributed by atoms with Crippen LogP contribution in [0.4, 0.5) is 0 Å². The van der Waals surface area contributed by atoms with E-state index in [9.17, 15) is 18.0 Å². The summed E-state index contributed by atoms with van der Waals surface area (Å²) in [7, 11) is -2.27. The van der Waals surface area contributed by atoms with Gasteiger partial charge in [-0.1, -0.05) is 0 Å². The first-order chi connectivity index (χ1) is 14.4. The molecule has 0 bridgehead atoms. The number of hydrogen-bond acceptors (Lipinski definition) is 6. The predicted molar refractivity (Wildman–Crippen MR) is 108 cm³/mol. The minimum atomic E-state index is -3.72. The number of amides is 2. The first-order valence-electron chi connectivity index (χ1n) is 10.3. The van der Waals surface area contributed by atoms with Gasteiger partial charge < -0.3 is 19.3 Å². The van der Waals surface area contributed by atoms with Crippen LogP contribution in [0.1, 0.15) is 23.2 Å². The van der Waals surface area contributed by atoms with Gasteiger partial charge in [0.25, 0.3) is 5.91 Å². The third-order valence-corrected chi connectivity index (χ3v) is 7.71. The Morgan fingerprint density at radius 1 is 1.00 bits per heavy atom. The molecule has 0 unspecified atom stereocenters. The number of morpholine rings is 1. The number of piperazine rings is 1. The summed E-state index contributed by atoms with van der Waals surface area (Å²) in [5.41, 5.74) is 0.216. The molecule has 0 N–H and O–H groups in total. The summed E-state index contributed by atoms with van der Waals surface area (Å²) in [5, 5.41) is 0. The van der Waals surface area contributed by atoms with Gasteiger partial charge in [-0.15, -0.1) is 0 Å². The fourth-order valence-corrected chi connectivity index (χ4v) is 5.27. The molecule has 30 heavy (non-hydrogen) atoms. The molecule has 164 valence electrons. The highest BCUT2D eigenvalue weighted by Gasteiger charge is 2.36. The SMILES string of the molecule is COc1ccc(S(=O)(=O)N2CCOCC2)cc1C(=O)N1CCN(C(=O)C2CC2)CC1. The van der Waals surface area contributed by atoms with Gasteiger partial charge >= 0.3 is 0 Å². The summed E-state index contributed by atoms with van der Waals surface area (Å²) >= 11 is 0. The molecule has 1 aromatic rings. The maximum atomic E-state index is 13.2.